The number of carbonyl (C=O) groups excluding carboxylic acids is 2. The Morgan fingerprint density at radius 2 is 1.70 bits per heavy atom. The molecular weight excluding hydrogens is 957 g/mol. The number of hydrogen-bond acceptors (Lipinski definition) is 18. The Morgan fingerprint density at radius 1 is 0.932 bits per heavy atom. The number of carboxylic acid groups (broad SMARTS) is 1. The number of benzene rings is 2. The Hall–Kier alpha value is -5.47. The summed E-state index contributed by atoms with van der Waals surface area (Å²) in [4.78, 5) is 50.3. The number of nitro benzene ring substituents is 1. The van der Waals surface area contributed by atoms with Crippen molar-refractivity contribution in [2.75, 3.05) is 19.8 Å². The minimum absolute atomic E-state index is 0.00443. The first-order valence-electron chi connectivity index (χ1n) is 25.0. The number of aliphatic hydroxyl groups excluding tert-OH is 5. The second-order valence-corrected chi connectivity index (χ2v) is 19.3. The van der Waals surface area contributed by atoms with Crippen LogP contribution in [-0.2, 0) is 57.5 Å². The van der Waals surface area contributed by atoms with Gasteiger partial charge in [0.2, 0.25) is 5.91 Å². The van der Waals surface area contributed by atoms with Gasteiger partial charge in [0.25, 0.3) is 5.69 Å². The highest BCUT2D eigenvalue weighted by Gasteiger charge is 2.51. The highest BCUT2D eigenvalue weighted by molar-refractivity contribution is 5.89. The molecule has 73 heavy (non-hydrogen) atoms. The lowest BCUT2D eigenvalue weighted by molar-refractivity contribution is -0.384. The van der Waals surface area contributed by atoms with E-state index in [1.54, 1.807) is 48.1 Å². The van der Waals surface area contributed by atoms with Crippen LogP contribution < -0.4 is 5.32 Å². The van der Waals surface area contributed by atoms with E-state index in [9.17, 15) is 55.1 Å². The number of aromatic nitrogens is 4. The molecule has 8 unspecified atom stereocenters. The van der Waals surface area contributed by atoms with Gasteiger partial charge in [0.1, 0.15) is 36.6 Å². The van der Waals surface area contributed by atoms with E-state index in [0.717, 1.165) is 43.0 Å². The summed E-state index contributed by atoms with van der Waals surface area (Å²) >= 11 is 0. The van der Waals surface area contributed by atoms with Gasteiger partial charge in [0.15, 0.2) is 24.8 Å². The number of rotatable bonds is 25. The van der Waals surface area contributed by atoms with Crippen molar-refractivity contribution < 1.29 is 78.4 Å². The maximum atomic E-state index is 13.7. The number of nitrogens with zero attached hydrogens (tertiary/aromatic N) is 5. The molecule has 2 aromatic carbocycles. The highest BCUT2D eigenvalue weighted by atomic mass is 16.7. The number of aliphatic hydroxyl groups is 5. The van der Waals surface area contributed by atoms with E-state index in [1.165, 1.54) is 25.1 Å². The molecule has 0 bridgehead atoms. The van der Waals surface area contributed by atoms with E-state index in [2.05, 4.69) is 15.6 Å². The number of non-ortho nitro benzene ring substituents is 1. The molecule has 2 aliphatic heterocycles. The van der Waals surface area contributed by atoms with Gasteiger partial charge in [-0.05, 0) is 62.3 Å². The average Bonchev–Trinajstić information content (AvgIpc) is 4.03. The van der Waals surface area contributed by atoms with Gasteiger partial charge in [-0.25, -0.2) is 9.59 Å². The summed E-state index contributed by atoms with van der Waals surface area (Å²) in [5.41, 5.74) is 1.71. The van der Waals surface area contributed by atoms with Crippen LogP contribution in [-0.4, -0.2) is 166 Å². The van der Waals surface area contributed by atoms with Crippen LogP contribution in [0.3, 0.4) is 0 Å². The van der Waals surface area contributed by atoms with Crippen molar-refractivity contribution in [3.8, 4) is 0 Å². The lowest BCUT2D eigenvalue weighted by Crippen LogP contribution is -2.63. The zero-order valence-corrected chi connectivity index (χ0v) is 41.0. The number of carboxylic acids is 1. The number of ether oxygens (including phenoxy) is 6. The topological polar surface area (TPSA) is 319 Å². The SMILES string of the molecule is CC(CCC(=O)NCCc1cn(CCCn2ccc3cc([N+](=O)[O-])ccc32)nn1)C(CO[C@@H]1OC(CO)[C@H](O)C(O[C@@H](CC2CCCCC2)C(=O)O)C1OC(=O)c1ccccc1)O[C@@H]1OC(C)[C@@H](O)C(O)C1O. The number of fused-ring (bicyclic) bond motifs is 1. The predicted molar refractivity (Wildman–Crippen MR) is 256 cm³/mol. The molecule has 7 N–H and O–H groups in total. The van der Waals surface area contributed by atoms with Crippen LogP contribution in [0.4, 0.5) is 5.69 Å². The van der Waals surface area contributed by atoms with Crippen molar-refractivity contribution in [3.63, 3.8) is 0 Å². The number of aryl methyl sites for hydroxylation is 2. The monoisotopic (exact) mass is 1020 g/mol. The average molecular weight is 1030 g/mol. The van der Waals surface area contributed by atoms with Gasteiger partial charge in [0, 0.05) is 67.9 Å². The number of aliphatic carboxylic acids is 1. The summed E-state index contributed by atoms with van der Waals surface area (Å²) in [7, 11) is 0. The molecule has 4 aromatic rings. The molecule has 7 rings (SSSR count). The number of hydrogen-bond donors (Lipinski definition) is 7. The normalized spacial score (nSPS) is 27.0. The van der Waals surface area contributed by atoms with Crippen LogP contribution in [0.25, 0.3) is 10.9 Å². The molecule has 3 fully saturated rings. The van der Waals surface area contributed by atoms with Crippen molar-refractivity contribution in [2.24, 2.45) is 11.8 Å². The number of nitrogens with one attached hydrogen (secondary N) is 1. The lowest BCUT2D eigenvalue weighted by Gasteiger charge is -2.45. The van der Waals surface area contributed by atoms with Gasteiger partial charge in [-0.15, -0.1) is 5.10 Å². The summed E-state index contributed by atoms with van der Waals surface area (Å²) in [5, 5.41) is 87.5. The Balaban J connectivity index is 0.988. The summed E-state index contributed by atoms with van der Waals surface area (Å²) in [6.07, 6.45) is -7.87. The van der Waals surface area contributed by atoms with Crippen LogP contribution >= 0.6 is 0 Å². The van der Waals surface area contributed by atoms with Crippen molar-refractivity contribution in [1.82, 2.24) is 24.9 Å². The number of nitro groups is 1. The highest BCUT2D eigenvalue weighted by Crippen LogP contribution is 2.34. The standard InChI is InChI=1S/C50H68N6O17/c1-29(14-17-40(58)51-20-18-34-26-55(53-52-34)22-9-21-54-23-19-33-25-35(56(66)67)15-16-36(33)54)39(72-49-44(62)43(61)41(59)30(2)69-49)28-68-50-46(73-48(65)32-12-7-4-8-13-32)45(42(60)38(27-57)71-50)70-37(47(63)64)24-31-10-5-3-6-11-31/h4,7-8,12-13,15-16,19,23,25-26,29-31,37-39,41-46,49-50,57,59-62H,3,5-6,9-11,14,17-18,20-22,24,27-28H2,1-2H3,(H,51,58)(H,63,64)/t29?,30?,37-,38?,39?,41+,42-,43?,44?,45?,46?,49-,50+/m0/s1. The van der Waals surface area contributed by atoms with E-state index in [-0.39, 0.29) is 48.9 Å². The Morgan fingerprint density at radius 3 is 2.42 bits per heavy atom. The Kier molecular flexibility index (Phi) is 19.8. The molecule has 0 radical (unpaired) electrons. The maximum absolute atomic E-state index is 13.7. The van der Waals surface area contributed by atoms with Gasteiger partial charge in [-0.3, -0.25) is 19.6 Å². The largest absolute Gasteiger partial charge is 0.479 e. The van der Waals surface area contributed by atoms with Crippen molar-refractivity contribution in [1.29, 1.82) is 0 Å². The third-order valence-electron chi connectivity index (χ3n) is 14.0. The minimum atomic E-state index is -1.70. The molecule has 4 heterocycles. The summed E-state index contributed by atoms with van der Waals surface area (Å²) in [6, 6.07) is 14.5. The first-order chi connectivity index (χ1) is 35.1. The zero-order chi connectivity index (χ0) is 52.2. The second-order valence-electron chi connectivity index (χ2n) is 19.3. The molecule has 2 saturated heterocycles. The summed E-state index contributed by atoms with van der Waals surface area (Å²) in [5.74, 6) is -2.96. The molecule has 2 aromatic heterocycles. The van der Waals surface area contributed by atoms with Crippen molar-refractivity contribution >= 4 is 34.4 Å². The fraction of sp³-hybridized carbons (Fsp3) is 0.620. The first-order valence-corrected chi connectivity index (χ1v) is 25.0. The minimum Gasteiger partial charge on any atom is -0.479 e. The van der Waals surface area contributed by atoms with Crippen molar-refractivity contribution in [2.45, 2.75) is 165 Å². The second kappa shape index (κ2) is 26.1. The van der Waals surface area contributed by atoms with Crippen LogP contribution in [0.5, 0.6) is 0 Å². The number of amides is 1. The summed E-state index contributed by atoms with van der Waals surface area (Å²) < 4.78 is 40.2. The number of esters is 1. The van der Waals surface area contributed by atoms with Gasteiger partial charge in [0.05, 0.1) is 41.6 Å². The van der Waals surface area contributed by atoms with E-state index < -0.39 is 110 Å². The smallest absolute Gasteiger partial charge is 0.338 e. The molecule has 3 aliphatic rings. The third-order valence-corrected chi connectivity index (χ3v) is 14.0. The zero-order valence-electron chi connectivity index (χ0n) is 41.0. The fourth-order valence-electron chi connectivity index (χ4n) is 9.60. The molecule has 1 aliphatic carbocycles. The molecule has 0 spiro atoms. The first kappa shape index (κ1) is 55.3. The van der Waals surface area contributed by atoms with E-state index in [4.69, 9.17) is 28.4 Å². The maximum Gasteiger partial charge on any atom is 0.338 e. The Labute approximate surface area is 421 Å². The fourth-order valence-corrected chi connectivity index (χ4v) is 9.60. The molecule has 23 nitrogen and oxygen atoms in total. The van der Waals surface area contributed by atoms with Crippen LogP contribution in [0, 0.1) is 22.0 Å². The number of carbonyl (C=O) groups is 3. The van der Waals surface area contributed by atoms with Gasteiger partial charge >= 0.3 is 11.9 Å². The molecule has 1 saturated carbocycles. The molecule has 1 amide bonds. The van der Waals surface area contributed by atoms with Crippen molar-refractivity contribution in [3.05, 3.63) is 88.4 Å². The van der Waals surface area contributed by atoms with E-state index >= 15 is 0 Å². The molecule has 23 heteroatoms. The molecule has 400 valence electrons. The lowest BCUT2D eigenvalue weighted by atomic mass is 9.85. The molecular formula is C50H68N6O17. The Bertz CT molecular complexity index is 2420. The van der Waals surface area contributed by atoms with Crippen LogP contribution in [0.1, 0.15) is 87.7 Å². The van der Waals surface area contributed by atoms with E-state index in [1.807, 2.05) is 16.8 Å². The van der Waals surface area contributed by atoms with Gasteiger partial charge in [-0.2, -0.15) is 0 Å². The summed E-state index contributed by atoms with van der Waals surface area (Å²) in [6.45, 7) is 3.54. The van der Waals surface area contributed by atoms with Crippen LogP contribution in [0.15, 0.2) is 67.0 Å². The quantitative estimate of drug-likeness (QED) is 0.0285. The predicted octanol–water partition coefficient (Wildman–Crippen LogP) is 2.65. The third kappa shape index (κ3) is 14.6. The van der Waals surface area contributed by atoms with E-state index in [0.29, 0.717) is 31.6 Å². The van der Waals surface area contributed by atoms with Gasteiger partial charge < -0.3 is 68.9 Å². The molecule has 13 atom stereocenters. The van der Waals surface area contributed by atoms with Crippen LogP contribution in [0.2, 0.25) is 0 Å². The van der Waals surface area contributed by atoms with Gasteiger partial charge in [-0.1, -0.05) is 62.4 Å².